The highest BCUT2D eigenvalue weighted by Gasteiger charge is 2.45. The van der Waals surface area contributed by atoms with E-state index in [-0.39, 0.29) is 17.4 Å². The van der Waals surface area contributed by atoms with Crippen LogP contribution in [0.4, 0.5) is 0 Å². The molecule has 3 rings (SSSR count). The number of aliphatic hydroxyl groups is 1. The summed E-state index contributed by atoms with van der Waals surface area (Å²) in [6, 6.07) is 14.0. The quantitative estimate of drug-likeness (QED) is 0.238. The Morgan fingerprint density at radius 1 is 1.09 bits per heavy atom. The van der Waals surface area contributed by atoms with E-state index in [0.29, 0.717) is 37.5 Å². The molecule has 0 bridgehead atoms. The Kier molecular flexibility index (Phi) is 8.28. The van der Waals surface area contributed by atoms with E-state index in [1.807, 2.05) is 52.0 Å². The number of hydrogen-bond acceptors (Lipinski definition) is 5. The number of amides is 1. The van der Waals surface area contributed by atoms with Gasteiger partial charge in [-0.25, -0.2) is 0 Å². The molecule has 1 fully saturated rings. The molecule has 1 aliphatic heterocycles. The molecule has 0 aliphatic carbocycles. The lowest BCUT2D eigenvalue weighted by atomic mass is 9.94. The van der Waals surface area contributed by atoms with Crippen molar-refractivity contribution in [3.05, 3.63) is 70.8 Å². The number of carbonyl (C=O) groups is 2. The standard InChI is InChI=1S/C27H33NO5/c1-5-14-33-22-12-7-11-21(17-22)25(29)23-24(20-10-6-9-19(4)16-20)28(27(31)26(23)30)13-8-15-32-18(2)3/h6-7,9-12,16-18,24,29H,5,8,13-15H2,1-4H3/b25-23-. The van der Waals surface area contributed by atoms with E-state index in [1.165, 1.54) is 0 Å². The SMILES string of the molecule is CCCOc1cccc(/C(O)=C2/C(=O)C(=O)N(CCCOC(C)C)C2c2cccc(C)c2)c1. The molecular weight excluding hydrogens is 418 g/mol. The summed E-state index contributed by atoms with van der Waals surface area (Å²) in [6.45, 7) is 9.27. The minimum atomic E-state index is -0.677. The van der Waals surface area contributed by atoms with Crippen LogP contribution in [0.5, 0.6) is 5.75 Å². The zero-order valence-corrected chi connectivity index (χ0v) is 19.8. The van der Waals surface area contributed by atoms with Gasteiger partial charge in [0.2, 0.25) is 0 Å². The first kappa shape index (κ1) is 24.5. The lowest BCUT2D eigenvalue weighted by molar-refractivity contribution is -0.140. The summed E-state index contributed by atoms with van der Waals surface area (Å²) in [5, 5.41) is 11.2. The van der Waals surface area contributed by atoms with Crippen LogP contribution in [0.1, 0.15) is 56.3 Å². The summed E-state index contributed by atoms with van der Waals surface area (Å²) in [5.41, 5.74) is 2.35. The molecule has 176 valence electrons. The molecule has 6 nitrogen and oxygen atoms in total. The Morgan fingerprint density at radius 3 is 2.55 bits per heavy atom. The first-order valence-corrected chi connectivity index (χ1v) is 11.5. The zero-order chi connectivity index (χ0) is 24.0. The molecule has 2 aromatic carbocycles. The van der Waals surface area contributed by atoms with Crippen molar-refractivity contribution in [1.29, 1.82) is 0 Å². The molecule has 1 heterocycles. The van der Waals surface area contributed by atoms with Gasteiger partial charge in [0.25, 0.3) is 11.7 Å². The van der Waals surface area contributed by atoms with E-state index in [4.69, 9.17) is 9.47 Å². The monoisotopic (exact) mass is 451 g/mol. The third-order valence-electron chi connectivity index (χ3n) is 5.47. The van der Waals surface area contributed by atoms with Crippen LogP contribution in [0.25, 0.3) is 5.76 Å². The van der Waals surface area contributed by atoms with Crippen LogP contribution in [0.15, 0.2) is 54.1 Å². The number of aryl methyl sites for hydroxylation is 1. The van der Waals surface area contributed by atoms with Crippen molar-refractivity contribution < 1.29 is 24.2 Å². The predicted molar refractivity (Wildman–Crippen MR) is 128 cm³/mol. The predicted octanol–water partition coefficient (Wildman–Crippen LogP) is 5.02. The lowest BCUT2D eigenvalue weighted by Crippen LogP contribution is -2.31. The molecule has 1 atom stereocenters. The Bertz CT molecular complexity index is 1030. The molecule has 6 heteroatoms. The van der Waals surface area contributed by atoms with Crippen molar-refractivity contribution in [1.82, 2.24) is 4.90 Å². The molecule has 1 N–H and O–H groups in total. The molecular formula is C27H33NO5. The van der Waals surface area contributed by atoms with Gasteiger partial charge in [-0.05, 0) is 51.3 Å². The van der Waals surface area contributed by atoms with Crippen LogP contribution in [0, 0.1) is 6.92 Å². The highest BCUT2D eigenvalue weighted by atomic mass is 16.5. The van der Waals surface area contributed by atoms with Crippen LogP contribution >= 0.6 is 0 Å². The number of ether oxygens (including phenoxy) is 2. The van der Waals surface area contributed by atoms with E-state index >= 15 is 0 Å². The molecule has 1 saturated heterocycles. The Labute approximate surface area is 195 Å². The molecule has 1 unspecified atom stereocenters. The first-order valence-electron chi connectivity index (χ1n) is 11.5. The maximum atomic E-state index is 13.1. The third-order valence-corrected chi connectivity index (χ3v) is 5.47. The summed E-state index contributed by atoms with van der Waals surface area (Å²) in [6.07, 6.45) is 1.54. The van der Waals surface area contributed by atoms with Crippen molar-refractivity contribution in [3.8, 4) is 5.75 Å². The van der Waals surface area contributed by atoms with Gasteiger partial charge >= 0.3 is 0 Å². The van der Waals surface area contributed by atoms with Crippen molar-refractivity contribution in [2.75, 3.05) is 19.8 Å². The summed E-state index contributed by atoms with van der Waals surface area (Å²) < 4.78 is 11.3. The normalized spacial score (nSPS) is 17.7. The molecule has 0 radical (unpaired) electrons. The van der Waals surface area contributed by atoms with Crippen molar-refractivity contribution >= 4 is 17.4 Å². The maximum Gasteiger partial charge on any atom is 0.295 e. The Hall–Kier alpha value is -3.12. The van der Waals surface area contributed by atoms with Crippen molar-refractivity contribution in [2.24, 2.45) is 0 Å². The fourth-order valence-corrected chi connectivity index (χ4v) is 3.96. The molecule has 0 saturated carbocycles. The van der Waals surface area contributed by atoms with Gasteiger partial charge in [-0.3, -0.25) is 9.59 Å². The first-order chi connectivity index (χ1) is 15.8. The third kappa shape index (κ3) is 5.82. The van der Waals surface area contributed by atoms with Crippen LogP contribution in [0.2, 0.25) is 0 Å². The fourth-order valence-electron chi connectivity index (χ4n) is 3.96. The minimum Gasteiger partial charge on any atom is -0.507 e. The van der Waals surface area contributed by atoms with Gasteiger partial charge in [-0.2, -0.15) is 0 Å². The molecule has 1 aliphatic rings. The molecule has 1 amide bonds. The number of carbonyl (C=O) groups excluding carboxylic acids is 2. The van der Waals surface area contributed by atoms with Gasteiger partial charge in [-0.15, -0.1) is 0 Å². The zero-order valence-electron chi connectivity index (χ0n) is 19.8. The van der Waals surface area contributed by atoms with Gasteiger partial charge in [0.15, 0.2) is 0 Å². The van der Waals surface area contributed by atoms with Crippen LogP contribution in [-0.2, 0) is 14.3 Å². The minimum absolute atomic E-state index is 0.0928. The Morgan fingerprint density at radius 2 is 1.85 bits per heavy atom. The Balaban J connectivity index is 2.02. The van der Waals surface area contributed by atoms with Gasteiger partial charge in [0, 0.05) is 18.7 Å². The second-order valence-electron chi connectivity index (χ2n) is 8.56. The van der Waals surface area contributed by atoms with Crippen LogP contribution in [-0.4, -0.2) is 47.6 Å². The van der Waals surface area contributed by atoms with Gasteiger partial charge in [-0.1, -0.05) is 48.9 Å². The highest BCUT2D eigenvalue weighted by Crippen LogP contribution is 2.40. The van der Waals surface area contributed by atoms with Crippen molar-refractivity contribution in [2.45, 2.75) is 52.7 Å². The number of likely N-dealkylation sites (tertiary alicyclic amines) is 1. The van der Waals surface area contributed by atoms with E-state index in [2.05, 4.69) is 0 Å². The summed E-state index contributed by atoms with van der Waals surface area (Å²) in [5.74, 6) is -0.870. The second-order valence-corrected chi connectivity index (χ2v) is 8.56. The average molecular weight is 452 g/mol. The molecule has 2 aromatic rings. The van der Waals surface area contributed by atoms with Gasteiger partial charge in [0.05, 0.1) is 24.3 Å². The van der Waals surface area contributed by atoms with E-state index in [1.54, 1.807) is 29.2 Å². The summed E-state index contributed by atoms with van der Waals surface area (Å²) in [7, 11) is 0. The molecule has 0 spiro atoms. The second kappa shape index (κ2) is 11.1. The fraction of sp³-hybridized carbons (Fsp3) is 0.407. The number of benzene rings is 2. The largest absolute Gasteiger partial charge is 0.507 e. The average Bonchev–Trinajstić information content (AvgIpc) is 3.05. The number of Topliss-reactive ketones (excluding diaryl/α,β-unsaturated/α-hetero) is 1. The number of aliphatic hydroxyl groups excluding tert-OH is 1. The van der Waals surface area contributed by atoms with E-state index < -0.39 is 17.7 Å². The highest BCUT2D eigenvalue weighted by molar-refractivity contribution is 6.46. The molecule has 0 aromatic heterocycles. The smallest absolute Gasteiger partial charge is 0.295 e. The van der Waals surface area contributed by atoms with Gasteiger partial charge in [0.1, 0.15) is 11.5 Å². The topological polar surface area (TPSA) is 76.1 Å². The van der Waals surface area contributed by atoms with Crippen molar-refractivity contribution in [3.63, 3.8) is 0 Å². The number of hydrogen-bond donors (Lipinski definition) is 1. The summed E-state index contributed by atoms with van der Waals surface area (Å²) >= 11 is 0. The van der Waals surface area contributed by atoms with Crippen LogP contribution < -0.4 is 4.74 Å². The lowest BCUT2D eigenvalue weighted by Gasteiger charge is -2.25. The van der Waals surface area contributed by atoms with Crippen LogP contribution in [0.3, 0.4) is 0 Å². The van der Waals surface area contributed by atoms with E-state index in [9.17, 15) is 14.7 Å². The molecule has 33 heavy (non-hydrogen) atoms. The van der Waals surface area contributed by atoms with E-state index in [0.717, 1.165) is 17.5 Å². The number of nitrogens with zero attached hydrogens (tertiary/aromatic N) is 1. The summed E-state index contributed by atoms with van der Waals surface area (Å²) in [4.78, 5) is 27.7. The maximum absolute atomic E-state index is 13.1. The van der Waals surface area contributed by atoms with Gasteiger partial charge < -0.3 is 19.5 Å². The number of ketones is 1. The number of rotatable bonds is 10.